The van der Waals surface area contributed by atoms with E-state index in [0.29, 0.717) is 6.61 Å². The highest BCUT2D eigenvalue weighted by molar-refractivity contribution is 8.00. The summed E-state index contributed by atoms with van der Waals surface area (Å²) in [4.78, 5) is 0. The van der Waals surface area contributed by atoms with Crippen molar-refractivity contribution in [1.29, 1.82) is 0 Å². The van der Waals surface area contributed by atoms with Crippen LogP contribution in [0.4, 0.5) is 5.13 Å². The molecule has 0 unspecified atom stereocenters. The second kappa shape index (κ2) is 7.69. The topological polar surface area (TPSA) is 47.0 Å². The summed E-state index contributed by atoms with van der Waals surface area (Å²) in [5, 5.41) is 13.0. The molecule has 0 aliphatic rings. The molecule has 7 heteroatoms. The fourth-order valence-corrected chi connectivity index (χ4v) is 3.18. The third-order valence-corrected chi connectivity index (χ3v) is 4.60. The van der Waals surface area contributed by atoms with E-state index in [1.54, 1.807) is 30.2 Å². The van der Waals surface area contributed by atoms with Gasteiger partial charge in [-0.1, -0.05) is 46.8 Å². The van der Waals surface area contributed by atoms with Gasteiger partial charge >= 0.3 is 0 Å². The highest BCUT2D eigenvalue weighted by Gasteiger charge is 2.04. The zero-order valence-electron chi connectivity index (χ0n) is 10.4. The molecule has 0 bridgehead atoms. The molecule has 2 aromatic rings. The Labute approximate surface area is 125 Å². The van der Waals surface area contributed by atoms with Gasteiger partial charge in [-0.25, -0.2) is 0 Å². The number of hydrogen-bond donors (Lipinski definition) is 1. The van der Waals surface area contributed by atoms with E-state index >= 15 is 0 Å². The molecule has 0 saturated heterocycles. The minimum atomic E-state index is 0.660. The third-order valence-electron chi connectivity index (χ3n) is 2.26. The van der Waals surface area contributed by atoms with Crippen LogP contribution in [0.2, 0.25) is 5.02 Å². The smallest absolute Gasteiger partial charge is 0.206 e. The monoisotopic (exact) mass is 315 g/mol. The zero-order chi connectivity index (χ0) is 13.5. The standard InChI is InChI=1S/C12H14ClN3OS2/c1-17-7-6-14-11-15-16-12(19-11)18-8-9-2-4-10(13)5-3-9/h2-5H,6-8H2,1H3,(H,14,15). The SMILES string of the molecule is COCCNc1nnc(SCc2ccc(Cl)cc2)s1. The van der Waals surface area contributed by atoms with Crippen molar-refractivity contribution in [3.05, 3.63) is 34.9 Å². The van der Waals surface area contributed by atoms with Crippen LogP contribution in [-0.2, 0) is 10.5 Å². The lowest BCUT2D eigenvalue weighted by molar-refractivity contribution is 0.211. The zero-order valence-corrected chi connectivity index (χ0v) is 12.8. The van der Waals surface area contributed by atoms with E-state index in [9.17, 15) is 0 Å². The number of aromatic nitrogens is 2. The number of halogens is 1. The van der Waals surface area contributed by atoms with Crippen molar-refractivity contribution >= 4 is 39.8 Å². The molecule has 102 valence electrons. The highest BCUT2D eigenvalue weighted by Crippen LogP contribution is 2.28. The molecule has 1 N–H and O–H groups in total. The Kier molecular flexibility index (Phi) is 5.91. The molecule has 1 heterocycles. The van der Waals surface area contributed by atoms with Crippen LogP contribution >= 0.6 is 34.7 Å². The van der Waals surface area contributed by atoms with E-state index in [-0.39, 0.29) is 0 Å². The van der Waals surface area contributed by atoms with Gasteiger partial charge in [0.25, 0.3) is 0 Å². The van der Waals surface area contributed by atoms with E-state index in [0.717, 1.165) is 26.8 Å². The quantitative estimate of drug-likeness (QED) is 0.625. The predicted octanol–water partition coefficient (Wildman–Crippen LogP) is 3.54. The maximum atomic E-state index is 5.85. The first kappa shape index (κ1) is 14.6. The normalized spacial score (nSPS) is 10.6. The van der Waals surface area contributed by atoms with Crippen LogP contribution < -0.4 is 5.32 Å². The fourth-order valence-electron chi connectivity index (χ4n) is 1.33. The molecule has 0 amide bonds. The molecule has 0 aliphatic heterocycles. The van der Waals surface area contributed by atoms with Gasteiger partial charge in [-0.05, 0) is 17.7 Å². The van der Waals surface area contributed by atoms with Gasteiger partial charge in [0.05, 0.1) is 6.61 Å². The Morgan fingerprint density at radius 2 is 2.11 bits per heavy atom. The summed E-state index contributed by atoms with van der Waals surface area (Å²) in [5.41, 5.74) is 1.22. The van der Waals surface area contributed by atoms with E-state index in [4.69, 9.17) is 16.3 Å². The maximum absolute atomic E-state index is 5.85. The predicted molar refractivity (Wildman–Crippen MR) is 81.3 cm³/mol. The number of ether oxygens (including phenoxy) is 1. The second-order valence-corrected chi connectivity index (χ2v) is 6.34. The molecular weight excluding hydrogens is 302 g/mol. The van der Waals surface area contributed by atoms with E-state index in [1.165, 1.54) is 5.56 Å². The van der Waals surface area contributed by atoms with Crippen LogP contribution in [0.3, 0.4) is 0 Å². The fraction of sp³-hybridized carbons (Fsp3) is 0.333. The van der Waals surface area contributed by atoms with Gasteiger partial charge < -0.3 is 10.1 Å². The number of rotatable bonds is 7. The van der Waals surface area contributed by atoms with Crippen molar-refractivity contribution in [3.63, 3.8) is 0 Å². The van der Waals surface area contributed by atoms with Crippen LogP contribution in [0.15, 0.2) is 28.6 Å². The molecule has 0 saturated carbocycles. The van der Waals surface area contributed by atoms with Gasteiger partial charge in [0.1, 0.15) is 0 Å². The van der Waals surface area contributed by atoms with E-state index in [2.05, 4.69) is 15.5 Å². The van der Waals surface area contributed by atoms with E-state index < -0.39 is 0 Å². The van der Waals surface area contributed by atoms with Crippen LogP contribution in [0, 0.1) is 0 Å². The molecule has 0 atom stereocenters. The minimum Gasteiger partial charge on any atom is -0.383 e. The van der Waals surface area contributed by atoms with Crippen LogP contribution in [0.5, 0.6) is 0 Å². The summed E-state index contributed by atoms with van der Waals surface area (Å²) < 4.78 is 5.92. The number of hydrogen-bond acceptors (Lipinski definition) is 6. The highest BCUT2D eigenvalue weighted by atomic mass is 35.5. The molecule has 0 aliphatic carbocycles. The molecular formula is C12H14ClN3OS2. The van der Waals surface area contributed by atoms with Crippen molar-refractivity contribution in [2.45, 2.75) is 10.1 Å². The van der Waals surface area contributed by atoms with Crippen molar-refractivity contribution in [1.82, 2.24) is 10.2 Å². The minimum absolute atomic E-state index is 0.660. The Morgan fingerprint density at radius 1 is 1.32 bits per heavy atom. The number of anilines is 1. The van der Waals surface area contributed by atoms with E-state index in [1.807, 2.05) is 24.3 Å². The molecule has 0 fully saturated rings. The molecule has 0 spiro atoms. The Balaban J connectivity index is 1.81. The molecule has 19 heavy (non-hydrogen) atoms. The summed E-state index contributed by atoms with van der Waals surface area (Å²) >= 11 is 9.07. The first-order valence-electron chi connectivity index (χ1n) is 5.71. The lowest BCUT2D eigenvalue weighted by Gasteiger charge is -1.99. The third kappa shape index (κ3) is 4.99. The molecule has 1 aromatic heterocycles. The first-order valence-corrected chi connectivity index (χ1v) is 7.89. The number of thioether (sulfide) groups is 1. The van der Waals surface area contributed by atoms with Crippen molar-refractivity contribution in [3.8, 4) is 0 Å². The Bertz CT molecular complexity index is 504. The van der Waals surface area contributed by atoms with Gasteiger partial charge in [0.15, 0.2) is 4.34 Å². The Morgan fingerprint density at radius 3 is 2.84 bits per heavy atom. The van der Waals surface area contributed by atoms with Crippen LogP contribution in [0.25, 0.3) is 0 Å². The average molecular weight is 316 g/mol. The molecule has 1 aromatic carbocycles. The lowest BCUT2D eigenvalue weighted by atomic mass is 10.2. The summed E-state index contributed by atoms with van der Waals surface area (Å²) in [5.74, 6) is 0.865. The van der Waals surface area contributed by atoms with Gasteiger partial charge in [0, 0.05) is 24.4 Å². The average Bonchev–Trinajstić information content (AvgIpc) is 2.86. The largest absolute Gasteiger partial charge is 0.383 e. The van der Waals surface area contributed by atoms with Gasteiger partial charge in [-0.2, -0.15) is 0 Å². The van der Waals surface area contributed by atoms with Gasteiger partial charge in [-0.15, -0.1) is 10.2 Å². The van der Waals surface area contributed by atoms with Crippen LogP contribution in [0.1, 0.15) is 5.56 Å². The molecule has 2 rings (SSSR count). The number of methoxy groups -OCH3 is 1. The maximum Gasteiger partial charge on any atom is 0.206 e. The first-order chi connectivity index (χ1) is 9.28. The summed E-state index contributed by atoms with van der Waals surface area (Å²) in [6, 6.07) is 7.84. The lowest BCUT2D eigenvalue weighted by Crippen LogP contribution is -2.06. The second-order valence-electron chi connectivity index (χ2n) is 3.71. The summed E-state index contributed by atoms with van der Waals surface area (Å²) in [7, 11) is 1.68. The Hall–Kier alpha value is -0.820. The van der Waals surface area contributed by atoms with Crippen molar-refractivity contribution in [2.24, 2.45) is 0 Å². The van der Waals surface area contributed by atoms with Gasteiger partial charge in [0.2, 0.25) is 5.13 Å². The molecule has 4 nitrogen and oxygen atoms in total. The summed E-state index contributed by atoms with van der Waals surface area (Å²) in [6.07, 6.45) is 0. The van der Waals surface area contributed by atoms with Crippen LogP contribution in [-0.4, -0.2) is 30.5 Å². The van der Waals surface area contributed by atoms with Crippen molar-refractivity contribution in [2.75, 3.05) is 25.6 Å². The number of nitrogens with one attached hydrogen (secondary N) is 1. The van der Waals surface area contributed by atoms with Crippen molar-refractivity contribution < 1.29 is 4.74 Å². The summed E-state index contributed by atoms with van der Waals surface area (Å²) in [6.45, 7) is 1.40. The molecule has 0 radical (unpaired) electrons. The number of benzene rings is 1. The van der Waals surface area contributed by atoms with Gasteiger partial charge in [-0.3, -0.25) is 0 Å². The number of nitrogens with zero attached hydrogens (tertiary/aromatic N) is 2.